The van der Waals surface area contributed by atoms with Gasteiger partial charge in [-0.15, -0.1) is 11.3 Å². The van der Waals surface area contributed by atoms with Crippen molar-refractivity contribution in [2.24, 2.45) is 0 Å². The molecule has 2 saturated heterocycles. The van der Waals surface area contributed by atoms with E-state index in [1.807, 2.05) is 29.8 Å². The topological polar surface area (TPSA) is 163 Å². The number of rotatable bonds is 15. The number of carboxylic acid groups (broad SMARTS) is 1. The Balaban J connectivity index is 0.950. The number of nitrogens with zero attached hydrogens (tertiary/aromatic N) is 6. The fourth-order valence-corrected chi connectivity index (χ4v) is 9.56. The van der Waals surface area contributed by atoms with Gasteiger partial charge in [0.15, 0.2) is 11.9 Å². The van der Waals surface area contributed by atoms with Crippen LogP contribution in [0.3, 0.4) is 0 Å². The normalized spacial score (nSPS) is 18.5. The fourth-order valence-electron chi connectivity index (χ4n) is 8.99. The molecular weight excluding hydrogens is 763 g/mol. The van der Waals surface area contributed by atoms with E-state index in [1.54, 1.807) is 16.6 Å². The molecule has 1 unspecified atom stereocenters. The molecule has 0 saturated carbocycles. The van der Waals surface area contributed by atoms with Gasteiger partial charge in [-0.25, -0.2) is 19.7 Å². The van der Waals surface area contributed by atoms with Crippen LogP contribution < -0.4 is 5.32 Å². The number of amides is 2. The fraction of sp³-hybridized carbons (Fsp3) is 0.333. The van der Waals surface area contributed by atoms with Crippen LogP contribution in [0, 0.1) is 0 Å². The molecule has 3 aromatic heterocycles. The summed E-state index contributed by atoms with van der Waals surface area (Å²) in [4.78, 5) is 65.6. The van der Waals surface area contributed by atoms with Crippen LogP contribution in [-0.2, 0) is 21.7 Å². The van der Waals surface area contributed by atoms with Gasteiger partial charge in [0.2, 0.25) is 5.91 Å². The number of hydrogen-bond donors (Lipinski definition) is 4. The molecule has 14 heteroatoms. The van der Waals surface area contributed by atoms with Gasteiger partial charge in [0.1, 0.15) is 17.7 Å². The zero-order valence-corrected chi connectivity index (χ0v) is 34.1. The molecule has 4 N–H and O–H groups in total. The van der Waals surface area contributed by atoms with Gasteiger partial charge in [-0.3, -0.25) is 19.4 Å². The number of H-pyrrole nitrogens is 2. The molecule has 59 heavy (non-hydrogen) atoms. The summed E-state index contributed by atoms with van der Waals surface area (Å²) in [5.74, 6) is 1.27. The van der Waals surface area contributed by atoms with E-state index in [4.69, 9.17) is 4.98 Å². The van der Waals surface area contributed by atoms with E-state index in [9.17, 15) is 19.5 Å². The third-order valence-corrected chi connectivity index (χ3v) is 12.5. The number of nitrogens with one attached hydrogen (secondary N) is 3. The minimum Gasteiger partial charge on any atom is -0.465 e. The van der Waals surface area contributed by atoms with E-state index >= 15 is 0 Å². The molecule has 13 nitrogen and oxygen atoms in total. The van der Waals surface area contributed by atoms with Crippen LogP contribution in [0.4, 0.5) is 4.79 Å². The number of aromatic nitrogens is 5. The molecule has 4 atom stereocenters. The number of benzene rings is 3. The number of aromatic amines is 2. The van der Waals surface area contributed by atoms with E-state index in [-0.39, 0.29) is 24.4 Å². The molecule has 0 aliphatic carbocycles. The van der Waals surface area contributed by atoms with Gasteiger partial charge in [-0.2, -0.15) is 0 Å². The van der Waals surface area contributed by atoms with Gasteiger partial charge in [-0.1, -0.05) is 92.7 Å². The second kappa shape index (κ2) is 17.5. The van der Waals surface area contributed by atoms with E-state index in [0.29, 0.717) is 18.1 Å². The van der Waals surface area contributed by atoms with Crippen molar-refractivity contribution >= 4 is 29.6 Å². The number of likely N-dealkylation sites (tertiary alicyclic amines) is 2. The quantitative estimate of drug-likeness (QED) is 0.0763. The number of carbonyl (C=O) groups excluding carboxylic acids is 2. The monoisotopic (exact) mass is 811 g/mol. The van der Waals surface area contributed by atoms with Crippen LogP contribution in [-0.4, -0.2) is 95.2 Å². The van der Waals surface area contributed by atoms with Crippen molar-refractivity contribution in [1.82, 2.24) is 44.9 Å². The summed E-state index contributed by atoms with van der Waals surface area (Å²) in [5.41, 5.74) is 8.34. The average molecular weight is 812 g/mol. The molecule has 5 heterocycles. The van der Waals surface area contributed by atoms with Gasteiger partial charge in [-0.05, 0) is 66.6 Å². The third kappa shape index (κ3) is 7.95. The summed E-state index contributed by atoms with van der Waals surface area (Å²) < 4.78 is 0. The number of hydrogen-bond acceptors (Lipinski definition) is 9. The lowest BCUT2D eigenvalue weighted by molar-refractivity contribution is -0.137. The van der Waals surface area contributed by atoms with E-state index < -0.39 is 17.8 Å². The van der Waals surface area contributed by atoms with Crippen LogP contribution >= 0.6 is 11.3 Å². The molecule has 6 aromatic rings. The predicted molar refractivity (Wildman–Crippen MR) is 227 cm³/mol. The Bertz CT molecular complexity index is 2340. The van der Waals surface area contributed by atoms with Gasteiger partial charge in [0.05, 0.1) is 47.1 Å². The minimum absolute atomic E-state index is 0.0363. The molecule has 0 spiro atoms. The SMILES string of the molecule is CCN(CC)[C@](C=O)(c1ccccc1)N1CCC[C@H]1c1ncc(-c2ccc(-c3ccc(-c4cnc(C5CCCN5C(=O)[C@H](Cc5cscn5)NC(=O)O)[nH]4)cc3)cc2)[nH]1. The maximum absolute atomic E-state index is 13.7. The summed E-state index contributed by atoms with van der Waals surface area (Å²) >= 11 is 1.41. The lowest BCUT2D eigenvalue weighted by atomic mass is 9.95. The molecule has 8 rings (SSSR count). The molecule has 0 radical (unpaired) electrons. The third-order valence-electron chi connectivity index (χ3n) is 11.9. The first kappa shape index (κ1) is 39.8. The van der Waals surface area contributed by atoms with Crippen LogP contribution in [0.25, 0.3) is 33.6 Å². The Kier molecular flexibility index (Phi) is 11.8. The van der Waals surface area contributed by atoms with Crippen molar-refractivity contribution in [3.05, 3.63) is 125 Å². The largest absolute Gasteiger partial charge is 0.465 e. The van der Waals surface area contributed by atoms with Crippen molar-refractivity contribution in [3.8, 4) is 33.6 Å². The summed E-state index contributed by atoms with van der Waals surface area (Å²) in [7, 11) is 0. The molecule has 2 aliphatic heterocycles. The van der Waals surface area contributed by atoms with Crippen molar-refractivity contribution in [3.63, 3.8) is 0 Å². The zero-order chi connectivity index (χ0) is 40.9. The minimum atomic E-state index is -1.24. The smallest absolute Gasteiger partial charge is 0.405 e. The van der Waals surface area contributed by atoms with Crippen molar-refractivity contribution < 1.29 is 19.5 Å². The first-order chi connectivity index (χ1) is 28.8. The zero-order valence-electron chi connectivity index (χ0n) is 33.3. The first-order valence-electron chi connectivity index (χ1n) is 20.3. The van der Waals surface area contributed by atoms with Crippen LogP contribution in [0.1, 0.15) is 74.5 Å². The first-order valence-corrected chi connectivity index (χ1v) is 21.3. The summed E-state index contributed by atoms with van der Waals surface area (Å²) in [6, 6.07) is 25.6. The van der Waals surface area contributed by atoms with E-state index in [0.717, 1.165) is 96.6 Å². The number of thiazole rings is 1. The van der Waals surface area contributed by atoms with Gasteiger partial charge < -0.3 is 25.3 Å². The Morgan fingerprint density at radius 3 is 1.98 bits per heavy atom. The lowest BCUT2D eigenvalue weighted by Crippen LogP contribution is -2.59. The second-order valence-corrected chi connectivity index (χ2v) is 15.8. The van der Waals surface area contributed by atoms with Gasteiger partial charge in [0.25, 0.3) is 0 Å². The van der Waals surface area contributed by atoms with Crippen molar-refractivity contribution in [2.75, 3.05) is 26.2 Å². The molecule has 3 aromatic carbocycles. The highest BCUT2D eigenvalue weighted by Gasteiger charge is 2.49. The molecule has 2 aliphatic rings. The Labute approximate surface area is 347 Å². The highest BCUT2D eigenvalue weighted by Crippen LogP contribution is 2.43. The number of carbonyl (C=O) groups is 3. The van der Waals surface area contributed by atoms with Crippen LogP contribution in [0.5, 0.6) is 0 Å². The average Bonchev–Trinajstić information content (AvgIpc) is 4.13. The van der Waals surface area contributed by atoms with Crippen molar-refractivity contribution in [1.29, 1.82) is 0 Å². The van der Waals surface area contributed by atoms with Crippen molar-refractivity contribution in [2.45, 2.75) is 69.7 Å². The molecule has 2 amide bonds. The maximum Gasteiger partial charge on any atom is 0.405 e. The van der Waals surface area contributed by atoms with Crippen LogP contribution in [0.2, 0.25) is 0 Å². The number of imidazole rings is 2. The summed E-state index contributed by atoms with van der Waals surface area (Å²) in [6.45, 7) is 7.02. The van der Waals surface area contributed by atoms with Gasteiger partial charge in [0, 0.05) is 24.9 Å². The molecular formula is C45H49N9O4S. The standard InChI is InChI=1S/C45H49N9O4S/c1-3-52(4-2)45(28-55,34-10-6-5-7-11-34)54-23-9-13-40(54)42-47-26-38(50-42)33-20-16-31(17-21-33)30-14-18-32(19-15-30)37-25-46-41(49-37)39-12-8-22-53(39)43(56)36(51-44(57)58)24-35-27-59-29-48-35/h5-7,10-11,14-21,25-29,36,39-40,51H,3-4,8-9,12-13,22-24H2,1-2H3,(H,46,49)(H,47,50)(H,57,58)/t36-,39?,40-,45-/m0/s1. The molecule has 2 fully saturated rings. The summed E-state index contributed by atoms with van der Waals surface area (Å²) in [6.07, 6.45) is 7.16. The molecule has 304 valence electrons. The maximum atomic E-state index is 13.7. The highest BCUT2D eigenvalue weighted by molar-refractivity contribution is 7.07. The summed E-state index contributed by atoms with van der Waals surface area (Å²) in [5, 5.41) is 13.7. The molecule has 0 bridgehead atoms. The number of aldehydes is 1. The van der Waals surface area contributed by atoms with E-state index in [1.165, 1.54) is 11.3 Å². The van der Waals surface area contributed by atoms with E-state index in [2.05, 4.69) is 110 Å². The Hall–Kier alpha value is -5.96. The predicted octanol–water partition coefficient (Wildman–Crippen LogP) is 7.66. The number of likely N-dealkylation sites (N-methyl/N-ethyl adjacent to an activating group) is 1. The van der Waals surface area contributed by atoms with Gasteiger partial charge >= 0.3 is 6.09 Å². The van der Waals surface area contributed by atoms with Crippen LogP contribution in [0.15, 0.2) is 102 Å². The Morgan fingerprint density at radius 1 is 0.847 bits per heavy atom. The lowest BCUT2D eigenvalue weighted by Gasteiger charge is -2.47. The Morgan fingerprint density at radius 2 is 1.42 bits per heavy atom. The highest BCUT2D eigenvalue weighted by atomic mass is 32.1. The second-order valence-electron chi connectivity index (χ2n) is 15.1.